The summed E-state index contributed by atoms with van der Waals surface area (Å²) in [6, 6.07) is 5.89. The summed E-state index contributed by atoms with van der Waals surface area (Å²) in [7, 11) is 0. The van der Waals surface area contributed by atoms with Crippen molar-refractivity contribution in [2.24, 2.45) is 0 Å². The van der Waals surface area contributed by atoms with Crippen LogP contribution in [0.15, 0.2) is 18.2 Å². The molecule has 14 heavy (non-hydrogen) atoms. The van der Waals surface area contributed by atoms with Crippen molar-refractivity contribution >= 4 is 5.78 Å². The number of rotatable bonds is 3. The molecule has 1 aromatic rings. The molecule has 0 fully saturated rings. The van der Waals surface area contributed by atoms with Gasteiger partial charge in [-0.2, -0.15) is 5.26 Å². The van der Waals surface area contributed by atoms with Crippen LogP contribution in [-0.2, 0) is 6.42 Å². The van der Waals surface area contributed by atoms with E-state index in [1.165, 1.54) is 18.2 Å². The number of benzene rings is 1. The molecule has 0 unspecified atom stereocenters. The van der Waals surface area contributed by atoms with E-state index in [2.05, 4.69) is 0 Å². The van der Waals surface area contributed by atoms with Crippen LogP contribution in [0.5, 0.6) is 0 Å². The lowest BCUT2D eigenvalue weighted by Crippen LogP contribution is -2.02. The first-order valence-electron chi connectivity index (χ1n) is 4.37. The highest BCUT2D eigenvalue weighted by atomic mass is 19.1. The molecule has 3 heteroatoms. The lowest BCUT2D eigenvalue weighted by Gasteiger charge is -2.03. The predicted octanol–water partition coefficient (Wildman–Crippen LogP) is 2.48. The Morgan fingerprint density at radius 2 is 2.29 bits per heavy atom. The molecule has 0 heterocycles. The zero-order chi connectivity index (χ0) is 10.6. The molecule has 0 bridgehead atoms. The molecule has 0 aromatic heterocycles. The van der Waals surface area contributed by atoms with Crippen LogP contribution in [0.2, 0.25) is 0 Å². The third kappa shape index (κ3) is 2.17. The van der Waals surface area contributed by atoms with Gasteiger partial charge in [0.05, 0.1) is 12.5 Å². The molecule has 0 aliphatic carbocycles. The molecule has 0 radical (unpaired) electrons. The average molecular weight is 191 g/mol. The van der Waals surface area contributed by atoms with Crippen molar-refractivity contribution in [1.82, 2.24) is 0 Å². The summed E-state index contributed by atoms with van der Waals surface area (Å²) < 4.78 is 12.8. The highest BCUT2D eigenvalue weighted by Gasteiger charge is 2.10. The molecule has 1 aromatic carbocycles. The summed E-state index contributed by atoms with van der Waals surface area (Å²) in [6.45, 7) is 1.71. The number of ketones is 1. The number of hydrogen-bond donors (Lipinski definition) is 0. The summed E-state index contributed by atoms with van der Waals surface area (Å²) in [4.78, 5) is 11.4. The maximum absolute atomic E-state index is 12.8. The van der Waals surface area contributed by atoms with Crippen LogP contribution in [0.25, 0.3) is 0 Å². The van der Waals surface area contributed by atoms with Crippen molar-refractivity contribution in [3.8, 4) is 6.07 Å². The van der Waals surface area contributed by atoms with E-state index in [-0.39, 0.29) is 12.2 Å². The minimum absolute atomic E-state index is 0.130. The Morgan fingerprint density at radius 3 is 2.86 bits per heavy atom. The summed E-state index contributed by atoms with van der Waals surface area (Å²) in [5.74, 6) is -0.571. The van der Waals surface area contributed by atoms with Crippen molar-refractivity contribution in [2.45, 2.75) is 19.8 Å². The van der Waals surface area contributed by atoms with E-state index >= 15 is 0 Å². The van der Waals surface area contributed by atoms with Gasteiger partial charge in [0, 0.05) is 12.0 Å². The zero-order valence-electron chi connectivity index (χ0n) is 7.88. The van der Waals surface area contributed by atoms with Crippen LogP contribution in [0.3, 0.4) is 0 Å². The van der Waals surface area contributed by atoms with Crippen molar-refractivity contribution in [3.63, 3.8) is 0 Å². The second-order valence-corrected chi connectivity index (χ2v) is 2.91. The van der Waals surface area contributed by atoms with Crippen molar-refractivity contribution in [2.75, 3.05) is 0 Å². The summed E-state index contributed by atoms with van der Waals surface area (Å²) in [6.07, 6.45) is 0.462. The Morgan fingerprint density at radius 1 is 1.57 bits per heavy atom. The number of carbonyl (C=O) groups is 1. The van der Waals surface area contributed by atoms with Gasteiger partial charge in [0.2, 0.25) is 0 Å². The van der Waals surface area contributed by atoms with Gasteiger partial charge in [-0.3, -0.25) is 4.79 Å². The fourth-order valence-electron chi connectivity index (χ4n) is 1.24. The molecule has 0 N–H and O–H groups in total. The standard InChI is InChI=1S/C11H10FNO/c1-2-11(14)10-7-9(12)4-3-8(10)5-6-13/h3-4,7H,2,5H2,1H3. The normalized spacial score (nSPS) is 9.50. The quantitative estimate of drug-likeness (QED) is 0.688. The molecular weight excluding hydrogens is 181 g/mol. The largest absolute Gasteiger partial charge is 0.294 e. The minimum Gasteiger partial charge on any atom is -0.294 e. The minimum atomic E-state index is -0.441. The van der Waals surface area contributed by atoms with Crippen molar-refractivity contribution < 1.29 is 9.18 Å². The Kier molecular flexibility index (Phi) is 3.35. The Labute approximate surface area is 82.0 Å². The van der Waals surface area contributed by atoms with E-state index in [1.807, 2.05) is 6.07 Å². The number of nitriles is 1. The number of nitrogens with zero attached hydrogens (tertiary/aromatic N) is 1. The molecule has 2 nitrogen and oxygen atoms in total. The summed E-state index contributed by atoms with van der Waals surface area (Å²) in [5.41, 5.74) is 0.926. The lowest BCUT2D eigenvalue weighted by molar-refractivity contribution is 0.0987. The first-order valence-corrected chi connectivity index (χ1v) is 4.37. The lowest BCUT2D eigenvalue weighted by atomic mass is 10.00. The van der Waals surface area contributed by atoms with E-state index in [0.29, 0.717) is 17.5 Å². The third-order valence-corrected chi connectivity index (χ3v) is 1.96. The topological polar surface area (TPSA) is 40.9 Å². The zero-order valence-corrected chi connectivity index (χ0v) is 7.88. The van der Waals surface area contributed by atoms with Crippen LogP contribution in [0.1, 0.15) is 29.3 Å². The maximum Gasteiger partial charge on any atom is 0.163 e. The van der Waals surface area contributed by atoms with Gasteiger partial charge < -0.3 is 0 Å². The molecule has 72 valence electrons. The highest BCUT2D eigenvalue weighted by molar-refractivity contribution is 5.97. The Bertz CT molecular complexity index is 393. The van der Waals surface area contributed by atoms with E-state index in [0.717, 1.165) is 0 Å². The van der Waals surface area contributed by atoms with E-state index < -0.39 is 5.82 Å². The Hall–Kier alpha value is -1.69. The SMILES string of the molecule is CCC(=O)c1cc(F)ccc1CC#N. The molecule has 0 aliphatic heterocycles. The van der Waals surface area contributed by atoms with Gasteiger partial charge in [-0.15, -0.1) is 0 Å². The van der Waals surface area contributed by atoms with E-state index in [4.69, 9.17) is 5.26 Å². The first kappa shape index (κ1) is 10.4. The van der Waals surface area contributed by atoms with Gasteiger partial charge in [0.1, 0.15) is 5.82 Å². The molecule has 0 atom stereocenters. The summed E-state index contributed by atoms with van der Waals surface area (Å²) in [5, 5.41) is 8.51. The second kappa shape index (κ2) is 4.52. The molecule has 0 saturated carbocycles. The molecular formula is C11H10FNO. The Balaban J connectivity index is 3.16. The van der Waals surface area contributed by atoms with Crippen LogP contribution in [0.4, 0.5) is 4.39 Å². The van der Waals surface area contributed by atoms with Gasteiger partial charge in [0.25, 0.3) is 0 Å². The summed E-state index contributed by atoms with van der Waals surface area (Å²) >= 11 is 0. The molecule has 0 amide bonds. The van der Waals surface area contributed by atoms with Crippen molar-refractivity contribution in [1.29, 1.82) is 5.26 Å². The van der Waals surface area contributed by atoms with Crippen molar-refractivity contribution in [3.05, 3.63) is 35.1 Å². The molecule has 0 saturated heterocycles. The second-order valence-electron chi connectivity index (χ2n) is 2.91. The molecule has 1 rings (SSSR count). The van der Waals surface area contributed by atoms with E-state index in [1.54, 1.807) is 6.92 Å². The number of carbonyl (C=O) groups excluding carboxylic acids is 1. The fourth-order valence-corrected chi connectivity index (χ4v) is 1.24. The maximum atomic E-state index is 12.8. The highest BCUT2D eigenvalue weighted by Crippen LogP contribution is 2.14. The van der Waals surface area contributed by atoms with Gasteiger partial charge in [0.15, 0.2) is 5.78 Å². The average Bonchev–Trinajstić information content (AvgIpc) is 2.20. The van der Waals surface area contributed by atoms with Gasteiger partial charge in [-0.05, 0) is 17.7 Å². The van der Waals surface area contributed by atoms with Crippen LogP contribution < -0.4 is 0 Å². The number of Topliss-reactive ketones (excluding diaryl/α,β-unsaturated/α-hetero) is 1. The van der Waals surface area contributed by atoms with Gasteiger partial charge >= 0.3 is 0 Å². The smallest absolute Gasteiger partial charge is 0.163 e. The first-order chi connectivity index (χ1) is 6.69. The monoisotopic (exact) mass is 191 g/mol. The predicted molar refractivity (Wildman–Crippen MR) is 50.3 cm³/mol. The van der Waals surface area contributed by atoms with Gasteiger partial charge in [-0.1, -0.05) is 13.0 Å². The number of halogens is 1. The van der Waals surface area contributed by atoms with Crippen LogP contribution in [-0.4, -0.2) is 5.78 Å². The van der Waals surface area contributed by atoms with Crippen LogP contribution >= 0.6 is 0 Å². The third-order valence-electron chi connectivity index (χ3n) is 1.96. The number of hydrogen-bond acceptors (Lipinski definition) is 2. The fraction of sp³-hybridized carbons (Fsp3) is 0.273. The van der Waals surface area contributed by atoms with Crippen LogP contribution in [0, 0.1) is 17.1 Å². The van der Waals surface area contributed by atoms with Gasteiger partial charge in [-0.25, -0.2) is 4.39 Å². The molecule has 0 spiro atoms. The molecule has 0 aliphatic rings. The van der Waals surface area contributed by atoms with E-state index in [9.17, 15) is 9.18 Å².